The van der Waals surface area contributed by atoms with Crippen molar-refractivity contribution in [3.05, 3.63) is 56.5 Å². The van der Waals surface area contributed by atoms with Gasteiger partial charge in [0.25, 0.3) is 5.91 Å². The lowest BCUT2D eigenvalue weighted by Gasteiger charge is -2.15. The SMILES string of the molecule is C[C@H](NC(=O)c1cc(Cl)cc(C(F)(F)F)c1)c1ncnn1-c1ncc(Br)s1. The van der Waals surface area contributed by atoms with Gasteiger partial charge in [-0.2, -0.15) is 23.0 Å². The molecule has 0 aliphatic carbocycles. The first-order valence-corrected chi connectivity index (χ1v) is 9.34. The lowest BCUT2D eigenvalue weighted by Crippen LogP contribution is -2.29. The summed E-state index contributed by atoms with van der Waals surface area (Å²) in [6.07, 6.45) is -1.71. The van der Waals surface area contributed by atoms with Crippen LogP contribution in [0, 0.1) is 0 Å². The minimum Gasteiger partial charge on any atom is -0.342 e. The van der Waals surface area contributed by atoms with E-state index in [9.17, 15) is 18.0 Å². The zero-order valence-electron chi connectivity index (χ0n) is 13.5. The Hall–Kier alpha value is -1.98. The third-order valence-electron chi connectivity index (χ3n) is 3.44. The summed E-state index contributed by atoms with van der Waals surface area (Å²) in [5, 5.41) is 7.01. The summed E-state index contributed by atoms with van der Waals surface area (Å²) in [6.45, 7) is 1.64. The number of carbonyl (C=O) groups is 1. The number of alkyl halides is 3. The second-order valence-corrected chi connectivity index (χ2v) is 8.22. The number of amides is 1. The molecule has 3 rings (SSSR count). The van der Waals surface area contributed by atoms with E-state index in [4.69, 9.17) is 11.6 Å². The van der Waals surface area contributed by atoms with Gasteiger partial charge < -0.3 is 5.32 Å². The van der Waals surface area contributed by atoms with E-state index in [2.05, 4.69) is 36.3 Å². The van der Waals surface area contributed by atoms with Crippen molar-refractivity contribution in [1.29, 1.82) is 0 Å². The highest BCUT2D eigenvalue weighted by Gasteiger charge is 2.32. The van der Waals surface area contributed by atoms with Crippen LogP contribution < -0.4 is 5.32 Å². The molecule has 3 aromatic rings. The number of halogens is 5. The van der Waals surface area contributed by atoms with Crippen molar-refractivity contribution in [3.8, 4) is 5.13 Å². The van der Waals surface area contributed by atoms with E-state index >= 15 is 0 Å². The van der Waals surface area contributed by atoms with E-state index in [1.165, 1.54) is 28.4 Å². The fraction of sp³-hybridized carbons (Fsp3) is 0.200. The number of thiazole rings is 1. The van der Waals surface area contributed by atoms with Gasteiger partial charge in [-0.25, -0.2) is 9.97 Å². The molecule has 12 heteroatoms. The number of hydrogen-bond donors (Lipinski definition) is 1. The van der Waals surface area contributed by atoms with Crippen LogP contribution in [0.1, 0.15) is 34.7 Å². The summed E-state index contributed by atoms with van der Waals surface area (Å²) in [6, 6.07) is 2.03. The molecule has 0 bridgehead atoms. The molecule has 0 fully saturated rings. The summed E-state index contributed by atoms with van der Waals surface area (Å²) in [7, 11) is 0. The van der Waals surface area contributed by atoms with Gasteiger partial charge in [-0.15, -0.1) is 0 Å². The van der Waals surface area contributed by atoms with Crippen molar-refractivity contribution < 1.29 is 18.0 Å². The van der Waals surface area contributed by atoms with Gasteiger partial charge in [0.15, 0.2) is 5.82 Å². The highest BCUT2D eigenvalue weighted by Crippen LogP contribution is 2.32. The second kappa shape index (κ2) is 7.56. The Bertz CT molecular complexity index is 990. The molecule has 0 aliphatic heterocycles. The topological polar surface area (TPSA) is 72.7 Å². The predicted octanol–water partition coefficient (Wildman–Crippen LogP) is 4.65. The molecule has 0 aliphatic rings. The first-order chi connectivity index (χ1) is 12.6. The monoisotopic (exact) mass is 479 g/mol. The molecule has 2 heterocycles. The summed E-state index contributed by atoms with van der Waals surface area (Å²) in [4.78, 5) is 20.7. The third kappa shape index (κ3) is 4.47. The largest absolute Gasteiger partial charge is 0.416 e. The Labute approximate surface area is 168 Å². The first kappa shape index (κ1) is 19.8. The Morgan fingerprint density at radius 1 is 1.33 bits per heavy atom. The molecule has 27 heavy (non-hydrogen) atoms. The Morgan fingerprint density at radius 2 is 2.07 bits per heavy atom. The molecule has 0 saturated carbocycles. The number of hydrogen-bond acceptors (Lipinski definition) is 5. The van der Waals surface area contributed by atoms with Crippen LogP contribution in [0.2, 0.25) is 5.02 Å². The van der Waals surface area contributed by atoms with Gasteiger partial charge in [-0.05, 0) is 41.1 Å². The molecular weight excluding hydrogens is 471 g/mol. The van der Waals surface area contributed by atoms with Gasteiger partial charge in [0.2, 0.25) is 5.13 Å². The Kier molecular flexibility index (Phi) is 5.54. The standard InChI is InChI=1S/C15H10BrClF3N5OS/c1-7(12-22-6-23-25(12)14-21-5-11(16)27-14)24-13(26)8-2-9(15(18,19)20)4-10(17)3-8/h2-7H,1H3,(H,24,26)/t7-/m0/s1. The molecule has 6 nitrogen and oxygen atoms in total. The van der Waals surface area contributed by atoms with Gasteiger partial charge in [-0.1, -0.05) is 22.9 Å². The molecule has 142 valence electrons. The molecule has 2 aromatic heterocycles. The van der Waals surface area contributed by atoms with Crippen LogP contribution in [0.4, 0.5) is 13.2 Å². The molecule has 1 aromatic carbocycles. The van der Waals surface area contributed by atoms with Crippen molar-refractivity contribution in [2.45, 2.75) is 19.1 Å². The molecular formula is C15H10BrClF3N5OS. The van der Waals surface area contributed by atoms with Gasteiger partial charge in [-0.3, -0.25) is 4.79 Å². The normalized spacial score (nSPS) is 12.8. The van der Waals surface area contributed by atoms with Crippen molar-refractivity contribution >= 4 is 44.8 Å². The maximum absolute atomic E-state index is 12.9. The van der Waals surface area contributed by atoms with E-state index < -0.39 is 23.7 Å². The summed E-state index contributed by atoms with van der Waals surface area (Å²) < 4.78 is 41.0. The van der Waals surface area contributed by atoms with Crippen LogP contribution in [-0.2, 0) is 6.18 Å². The molecule has 1 atom stereocenters. The van der Waals surface area contributed by atoms with Gasteiger partial charge >= 0.3 is 6.18 Å². The molecule has 0 saturated heterocycles. The van der Waals surface area contributed by atoms with Crippen molar-refractivity contribution in [3.63, 3.8) is 0 Å². The lowest BCUT2D eigenvalue weighted by molar-refractivity contribution is -0.137. The maximum atomic E-state index is 12.9. The number of aromatic nitrogens is 4. The smallest absolute Gasteiger partial charge is 0.342 e. The average Bonchev–Trinajstić information content (AvgIpc) is 3.21. The van der Waals surface area contributed by atoms with E-state index in [-0.39, 0.29) is 10.6 Å². The molecule has 0 unspecified atom stereocenters. The third-order valence-corrected chi connectivity index (χ3v) is 5.11. The maximum Gasteiger partial charge on any atom is 0.416 e. The van der Waals surface area contributed by atoms with Crippen LogP contribution in [0.3, 0.4) is 0 Å². The predicted molar refractivity (Wildman–Crippen MR) is 97.1 cm³/mol. The van der Waals surface area contributed by atoms with Crippen molar-refractivity contribution in [2.24, 2.45) is 0 Å². The number of benzene rings is 1. The van der Waals surface area contributed by atoms with Crippen LogP contribution >= 0.6 is 38.9 Å². The van der Waals surface area contributed by atoms with Crippen LogP contribution in [0.5, 0.6) is 0 Å². The first-order valence-electron chi connectivity index (χ1n) is 7.35. The molecule has 0 spiro atoms. The number of carbonyl (C=O) groups excluding carboxylic acids is 1. The lowest BCUT2D eigenvalue weighted by atomic mass is 10.1. The quantitative estimate of drug-likeness (QED) is 0.590. The zero-order chi connectivity index (χ0) is 19.8. The molecule has 0 radical (unpaired) electrons. The molecule has 1 amide bonds. The second-order valence-electron chi connectivity index (χ2n) is 5.40. The van der Waals surface area contributed by atoms with E-state index in [0.717, 1.165) is 15.9 Å². The van der Waals surface area contributed by atoms with Gasteiger partial charge in [0.05, 0.1) is 21.6 Å². The number of rotatable bonds is 4. The van der Waals surface area contributed by atoms with Crippen LogP contribution in [-0.4, -0.2) is 25.7 Å². The zero-order valence-corrected chi connectivity index (χ0v) is 16.6. The van der Waals surface area contributed by atoms with E-state index in [0.29, 0.717) is 11.0 Å². The highest BCUT2D eigenvalue weighted by molar-refractivity contribution is 9.11. The van der Waals surface area contributed by atoms with Crippen molar-refractivity contribution in [2.75, 3.05) is 0 Å². The number of nitrogens with one attached hydrogen (secondary N) is 1. The van der Waals surface area contributed by atoms with E-state index in [1.54, 1.807) is 13.1 Å². The van der Waals surface area contributed by atoms with Crippen LogP contribution in [0.15, 0.2) is 34.5 Å². The highest BCUT2D eigenvalue weighted by atomic mass is 79.9. The van der Waals surface area contributed by atoms with Crippen LogP contribution in [0.25, 0.3) is 5.13 Å². The fourth-order valence-electron chi connectivity index (χ4n) is 2.27. The summed E-state index contributed by atoms with van der Waals surface area (Å²) in [5.41, 5.74) is -1.20. The minimum absolute atomic E-state index is 0.182. The average molecular weight is 481 g/mol. The summed E-state index contributed by atoms with van der Waals surface area (Å²) >= 11 is 10.3. The molecule has 1 N–H and O–H groups in total. The van der Waals surface area contributed by atoms with E-state index in [1.807, 2.05) is 0 Å². The summed E-state index contributed by atoms with van der Waals surface area (Å²) in [5.74, 6) is -0.339. The van der Waals surface area contributed by atoms with Crippen molar-refractivity contribution in [1.82, 2.24) is 25.1 Å². The number of nitrogens with zero attached hydrogens (tertiary/aromatic N) is 4. The Balaban J connectivity index is 1.83. The van der Waals surface area contributed by atoms with Gasteiger partial charge in [0.1, 0.15) is 6.33 Å². The fourth-order valence-corrected chi connectivity index (χ4v) is 3.65. The Morgan fingerprint density at radius 3 is 2.70 bits per heavy atom. The minimum atomic E-state index is -4.61. The van der Waals surface area contributed by atoms with Gasteiger partial charge in [0, 0.05) is 10.6 Å².